The van der Waals surface area contributed by atoms with Gasteiger partial charge >= 0.3 is 0 Å². The van der Waals surface area contributed by atoms with Gasteiger partial charge in [-0.25, -0.2) is 0 Å². The first kappa shape index (κ1) is 3.98. The van der Waals surface area contributed by atoms with Crippen LogP contribution < -0.4 is 10.5 Å². The maximum absolute atomic E-state index is 6.79. The molecule has 0 aromatic carbocycles. The Labute approximate surface area is 63.2 Å². The van der Waals surface area contributed by atoms with Crippen LogP contribution in [0.5, 0.6) is 5.88 Å². The molecule has 0 spiro atoms. The van der Waals surface area contributed by atoms with Crippen LogP contribution in [0.4, 0.5) is 0 Å². The van der Waals surface area contributed by atoms with E-state index in [1.165, 1.54) is 6.07 Å². The zero-order valence-corrected chi connectivity index (χ0v) is 5.33. The van der Waals surface area contributed by atoms with Crippen molar-refractivity contribution in [2.75, 3.05) is 13.6 Å². The minimum atomic E-state index is -2.49. The lowest BCUT2D eigenvalue weighted by atomic mass is 10.3. The summed E-state index contributed by atoms with van der Waals surface area (Å²) in [6, 6.07) is 1.42. The normalized spacial score (nSPS) is 15.5. The van der Waals surface area contributed by atoms with Gasteiger partial charge in [0.2, 0.25) is 0 Å². The molecule has 1 aromatic heterocycles. The summed E-state index contributed by atoms with van der Waals surface area (Å²) >= 11 is 0. The zero-order chi connectivity index (χ0) is 9.90. The van der Waals surface area contributed by atoms with Crippen molar-refractivity contribution in [3.63, 3.8) is 0 Å². The smallest absolute Gasteiger partial charge is 0.254 e. The van der Waals surface area contributed by atoms with Crippen molar-refractivity contribution in [1.29, 1.82) is 0 Å². The topological polar surface area (TPSA) is 61.3 Å². The van der Waals surface area contributed by atoms with E-state index in [0.29, 0.717) is 18.7 Å². The highest BCUT2D eigenvalue weighted by Crippen LogP contribution is 2.09. The molecule has 0 fully saturated rings. The first-order valence-corrected chi connectivity index (χ1v) is 2.86. The predicted molar refractivity (Wildman–Crippen MR) is 35.8 cm³/mol. The van der Waals surface area contributed by atoms with Gasteiger partial charge < -0.3 is 15.0 Å². The summed E-state index contributed by atoms with van der Waals surface area (Å²) < 4.78 is 29.6. The number of ether oxygens (including phenoxy) is 1. The predicted octanol–water partition coefficient (Wildman–Crippen LogP) is 0.184. The number of aromatic nitrogens is 1. The minimum Gasteiger partial charge on any atom is -0.479 e. The van der Waals surface area contributed by atoms with Gasteiger partial charge in [-0.2, -0.15) is 0 Å². The molecule has 0 aliphatic heterocycles. The van der Waals surface area contributed by atoms with E-state index in [-0.39, 0.29) is 5.88 Å². The molecule has 0 aliphatic rings. The van der Waals surface area contributed by atoms with Gasteiger partial charge in [-0.05, 0) is 11.7 Å². The van der Waals surface area contributed by atoms with E-state index in [1.54, 1.807) is 0 Å². The molecule has 4 heteroatoms. The van der Waals surface area contributed by atoms with Gasteiger partial charge in [-0.1, -0.05) is 0 Å². The summed E-state index contributed by atoms with van der Waals surface area (Å²) in [6.07, 6.45) is 0.511. The van der Waals surface area contributed by atoms with E-state index in [1.807, 2.05) is 0 Å². The minimum absolute atomic E-state index is 0.0385. The molecule has 0 bridgehead atoms. The molecule has 0 saturated carbocycles. The van der Waals surface area contributed by atoms with Crippen LogP contribution in [0.25, 0.3) is 0 Å². The number of rotatable bonds is 3. The van der Waals surface area contributed by atoms with Crippen molar-refractivity contribution in [3.05, 3.63) is 11.8 Å². The molecule has 1 rings (SSSR count). The molecular weight excluding hydrogens is 132 g/mol. The molecule has 0 amide bonds. The quantitative estimate of drug-likeness (QED) is 0.659. The van der Waals surface area contributed by atoms with E-state index in [4.69, 9.17) is 14.4 Å². The van der Waals surface area contributed by atoms with E-state index >= 15 is 0 Å². The Hall–Kier alpha value is -1.03. The molecule has 2 N–H and O–H groups in total. The van der Waals surface area contributed by atoms with Gasteiger partial charge in [0.15, 0.2) is 0 Å². The van der Waals surface area contributed by atoms with Crippen molar-refractivity contribution in [2.24, 2.45) is 5.73 Å². The lowest BCUT2D eigenvalue weighted by Gasteiger charge is -1.85. The molecule has 0 radical (unpaired) electrons. The zero-order valence-electron chi connectivity index (χ0n) is 8.33. The van der Waals surface area contributed by atoms with Gasteiger partial charge in [0.1, 0.15) is 5.76 Å². The SMILES string of the molecule is [2H]C([2H])([2H])Oc1cc(CCN)on1. The van der Waals surface area contributed by atoms with Crippen LogP contribution in [0, 0.1) is 0 Å². The van der Waals surface area contributed by atoms with Gasteiger partial charge in [-0.15, -0.1) is 0 Å². The molecule has 0 saturated heterocycles. The summed E-state index contributed by atoms with van der Waals surface area (Å²) in [5.74, 6) is 0.477. The Morgan fingerprint density at radius 2 is 2.90 bits per heavy atom. The van der Waals surface area contributed by atoms with Crippen LogP contribution in [0.3, 0.4) is 0 Å². The summed E-state index contributed by atoms with van der Waals surface area (Å²) in [7, 11) is -2.49. The average Bonchev–Trinajstić information content (AvgIpc) is 2.33. The third kappa shape index (κ3) is 1.48. The van der Waals surface area contributed by atoms with Gasteiger partial charge in [0.05, 0.1) is 11.2 Å². The third-order valence-electron chi connectivity index (χ3n) is 1.03. The van der Waals surface area contributed by atoms with Crippen LogP contribution in [0.15, 0.2) is 10.6 Å². The van der Waals surface area contributed by atoms with Crippen molar-refractivity contribution in [2.45, 2.75) is 6.42 Å². The second-order valence-corrected chi connectivity index (χ2v) is 1.77. The average molecular weight is 145 g/mol. The number of nitrogens with zero attached hydrogens (tertiary/aromatic N) is 1. The summed E-state index contributed by atoms with van der Waals surface area (Å²) in [5, 5.41) is 3.41. The summed E-state index contributed by atoms with van der Waals surface area (Å²) in [5.41, 5.74) is 5.26. The Kier molecular flexibility index (Phi) is 1.28. The molecule has 4 nitrogen and oxygen atoms in total. The Morgan fingerprint density at radius 3 is 3.60 bits per heavy atom. The van der Waals surface area contributed by atoms with Crippen LogP contribution in [0.1, 0.15) is 9.87 Å². The molecule has 1 aromatic rings. The van der Waals surface area contributed by atoms with Crippen LogP contribution in [0.2, 0.25) is 0 Å². The first-order chi connectivity index (χ1) is 6.01. The van der Waals surface area contributed by atoms with Crippen molar-refractivity contribution in [3.8, 4) is 5.88 Å². The largest absolute Gasteiger partial charge is 0.479 e. The van der Waals surface area contributed by atoms with Crippen molar-refractivity contribution in [1.82, 2.24) is 5.16 Å². The lowest BCUT2D eigenvalue weighted by molar-refractivity contribution is 0.327. The molecule has 1 heterocycles. The lowest BCUT2D eigenvalue weighted by Crippen LogP contribution is -2.01. The van der Waals surface area contributed by atoms with Gasteiger partial charge in [-0.3, -0.25) is 0 Å². The molecule has 56 valence electrons. The number of hydrogen-bond donors (Lipinski definition) is 1. The standard InChI is InChI=1S/C6H10N2O2/c1-9-6-4-5(2-3-7)10-8-6/h4H,2-3,7H2,1H3/i1D3. The summed E-state index contributed by atoms with van der Waals surface area (Å²) in [6.45, 7) is 0.419. The Bertz CT molecular complexity index is 271. The third-order valence-corrected chi connectivity index (χ3v) is 1.03. The highest BCUT2D eigenvalue weighted by molar-refractivity contribution is 5.10. The number of methoxy groups -OCH3 is 1. The van der Waals surface area contributed by atoms with Gasteiger partial charge in [0.25, 0.3) is 5.88 Å². The fourth-order valence-electron chi connectivity index (χ4n) is 0.602. The van der Waals surface area contributed by atoms with E-state index in [9.17, 15) is 0 Å². The van der Waals surface area contributed by atoms with E-state index in [0.717, 1.165) is 0 Å². The molecule has 10 heavy (non-hydrogen) atoms. The maximum Gasteiger partial charge on any atom is 0.254 e. The van der Waals surface area contributed by atoms with Crippen LogP contribution >= 0.6 is 0 Å². The number of nitrogens with two attached hydrogens (primary N) is 1. The molecular formula is C6H10N2O2. The van der Waals surface area contributed by atoms with Gasteiger partial charge in [0, 0.05) is 12.5 Å². The highest BCUT2D eigenvalue weighted by atomic mass is 16.5. The highest BCUT2D eigenvalue weighted by Gasteiger charge is 2.00. The molecule has 0 unspecified atom stereocenters. The van der Waals surface area contributed by atoms with Crippen molar-refractivity contribution < 1.29 is 13.4 Å². The Balaban J connectivity index is 2.59. The summed E-state index contributed by atoms with van der Waals surface area (Å²) in [4.78, 5) is 0. The fraction of sp³-hybridized carbons (Fsp3) is 0.500. The maximum atomic E-state index is 6.79. The number of hydrogen-bond acceptors (Lipinski definition) is 4. The second-order valence-electron chi connectivity index (χ2n) is 1.77. The molecule has 0 aliphatic carbocycles. The van der Waals surface area contributed by atoms with Crippen LogP contribution in [-0.4, -0.2) is 18.7 Å². The van der Waals surface area contributed by atoms with Crippen LogP contribution in [-0.2, 0) is 6.42 Å². The fourth-order valence-corrected chi connectivity index (χ4v) is 0.602. The Morgan fingerprint density at radius 1 is 2.00 bits per heavy atom. The molecule has 0 atom stereocenters. The van der Waals surface area contributed by atoms with E-state index < -0.39 is 7.04 Å². The van der Waals surface area contributed by atoms with Crippen molar-refractivity contribution >= 4 is 0 Å². The first-order valence-electron chi connectivity index (χ1n) is 4.36. The monoisotopic (exact) mass is 145 g/mol. The second kappa shape index (κ2) is 3.22. The van der Waals surface area contributed by atoms with E-state index in [2.05, 4.69) is 9.89 Å².